The number of aryl methyl sites for hydroxylation is 1. The van der Waals surface area contributed by atoms with E-state index in [9.17, 15) is 12.8 Å². The highest BCUT2D eigenvalue weighted by Gasteiger charge is 2.19. The van der Waals surface area contributed by atoms with Crippen molar-refractivity contribution in [1.82, 2.24) is 0 Å². The van der Waals surface area contributed by atoms with Crippen LogP contribution in [0.5, 0.6) is 0 Å². The van der Waals surface area contributed by atoms with Crippen molar-refractivity contribution >= 4 is 26.4 Å². The molecule has 0 saturated heterocycles. The minimum absolute atomic E-state index is 0.0495. The number of rotatable bonds is 3. The maximum Gasteiger partial charge on any atom is 0.262 e. The summed E-state index contributed by atoms with van der Waals surface area (Å²) in [6.45, 7) is 3.58. The van der Waals surface area contributed by atoms with Crippen molar-refractivity contribution in [3.8, 4) is 6.07 Å². The molecule has 1 aromatic heterocycles. The van der Waals surface area contributed by atoms with E-state index in [1.165, 1.54) is 23.5 Å². The van der Waals surface area contributed by atoms with Gasteiger partial charge in [0.25, 0.3) is 10.0 Å². The molecule has 1 N–H and O–H groups in total. The molecule has 7 heteroatoms. The first-order valence-corrected chi connectivity index (χ1v) is 7.93. The smallest absolute Gasteiger partial charge is 0.262 e. The fraction of sp³-hybridized carbons (Fsp3) is 0.154. The number of anilines is 1. The summed E-state index contributed by atoms with van der Waals surface area (Å²) in [6.07, 6.45) is 0. The van der Waals surface area contributed by atoms with Crippen LogP contribution in [0, 0.1) is 31.0 Å². The summed E-state index contributed by atoms with van der Waals surface area (Å²) >= 11 is 1.20. The number of sulfonamides is 1. The number of nitrogens with zero attached hydrogens (tertiary/aromatic N) is 1. The van der Waals surface area contributed by atoms with Crippen molar-refractivity contribution < 1.29 is 12.8 Å². The van der Waals surface area contributed by atoms with Crippen LogP contribution in [0.4, 0.5) is 9.39 Å². The zero-order valence-electron chi connectivity index (χ0n) is 10.8. The zero-order chi connectivity index (χ0) is 14.9. The molecule has 104 valence electrons. The van der Waals surface area contributed by atoms with Gasteiger partial charge in [0.1, 0.15) is 16.9 Å². The van der Waals surface area contributed by atoms with E-state index in [0.29, 0.717) is 5.56 Å². The third kappa shape index (κ3) is 2.66. The minimum Gasteiger partial charge on any atom is -0.269 e. The van der Waals surface area contributed by atoms with Gasteiger partial charge in [-0.2, -0.15) is 5.26 Å². The molecule has 0 spiro atoms. The Bertz CT molecular complexity index is 787. The molecule has 0 fully saturated rings. The molecule has 1 heterocycles. The Morgan fingerprint density at radius 2 is 1.85 bits per heavy atom. The van der Waals surface area contributed by atoms with Gasteiger partial charge in [0, 0.05) is 4.88 Å². The third-order valence-electron chi connectivity index (χ3n) is 2.85. The van der Waals surface area contributed by atoms with Crippen molar-refractivity contribution in [2.24, 2.45) is 0 Å². The van der Waals surface area contributed by atoms with Crippen LogP contribution in [-0.4, -0.2) is 8.42 Å². The van der Waals surface area contributed by atoms with E-state index in [0.717, 1.165) is 22.6 Å². The molecule has 0 aliphatic heterocycles. The number of benzene rings is 1. The Morgan fingerprint density at radius 1 is 1.25 bits per heavy atom. The summed E-state index contributed by atoms with van der Waals surface area (Å²) < 4.78 is 39.5. The Kier molecular flexibility index (Phi) is 3.79. The number of hydrogen-bond acceptors (Lipinski definition) is 4. The van der Waals surface area contributed by atoms with E-state index in [1.807, 2.05) is 13.0 Å². The maximum atomic E-state index is 12.8. The first-order chi connectivity index (χ1) is 9.35. The molecule has 0 atom stereocenters. The average Bonchev–Trinajstić information content (AvgIpc) is 2.64. The lowest BCUT2D eigenvalue weighted by molar-refractivity contribution is 0.600. The first-order valence-electron chi connectivity index (χ1n) is 5.63. The predicted octanol–water partition coefficient (Wildman–Crippen LogP) is 3.18. The molecule has 2 rings (SSSR count). The van der Waals surface area contributed by atoms with Gasteiger partial charge in [-0.3, -0.25) is 4.72 Å². The number of thiophene rings is 1. The zero-order valence-corrected chi connectivity index (χ0v) is 12.4. The summed E-state index contributed by atoms with van der Waals surface area (Å²) in [5.41, 5.74) is 1.08. The lowest BCUT2D eigenvalue weighted by atomic mass is 10.2. The van der Waals surface area contributed by atoms with Crippen LogP contribution >= 0.6 is 11.3 Å². The van der Waals surface area contributed by atoms with Crippen LogP contribution in [0.1, 0.15) is 16.0 Å². The van der Waals surface area contributed by atoms with Crippen LogP contribution in [0.25, 0.3) is 0 Å². The molecular weight excluding hydrogens is 299 g/mol. The standard InChI is InChI=1S/C13H11FN2O2S2/c1-8-9(2)19-13(12(8)7-15)16-20(17,18)11-5-3-10(14)4-6-11/h3-6,16H,1-2H3. The lowest BCUT2D eigenvalue weighted by Crippen LogP contribution is -2.12. The Hall–Kier alpha value is -1.91. The quantitative estimate of drug-likeness (QED) is 0.946. The third-order valence-corrected chi connectivity index (χ3v) is 5.47. The van der Waals surface area contributed by atoms with Crippen LogP contribution in [0.3, 0.4) is 0 Å². The van der Waals surface area contributed by atoms with Gasteiger partial charge < -0.3 is 0 Å². The fourth-order valence-electron chi connectivity index (χ4n) is 1.63. The summed E-state index contributed by atoms with van der Waals surface area (Å²) in [5, 5.41) is 9.37. The van der Waals surface area contributed by atoms with Gasteiger partial charge in [-0.05, 0) is 43.7 Å². The van der Waals surface area contributed by atoms with Gasteiger partial charge in [0.15, 0.2) is 0 Å². The summed E-state index contributed by atoms with van der Waals surface area (Å²) in [5.74, 6) is -0.510. The van der Waals surface area contributed by atoms with E-state index in [2.05, 4.69) is 4.72 Å². The normalized spacial score (nSPS) is 11.1. The molecule has 0 unspecified atom stereocenters. The molecule has 0 aliphatic rings. The van der Waals surface area contributed by atoms with Crippen LogP contribution in [0.2, 0.25) is 0 Å². The lowest BCUT2D eigenvalue weighted by Gasteiger charge is -2.06. The molecule has 0 amide bonds. The van der Waals surface area contributed by atoms with E-state index in [4.69, 9.17) is 5.26 Å². The van der Waals surface area contributed by atoms with Crippen LogP contribution in [0.15, 0.2) is 29.2 Å². The monoisotopic (exact) mass is 310 g/mol. The molecular formula is C13H11FN2O2S2. The number of nitriles is 1. The summed E-state index contributed by atoms with van der Waals surface area (Å²) in [7, 11) is -3.82. The van der Waals surface area contributed by atoms with Gasteiger partial charge in [-0.25, -0.2) is 12.8 Å². The van der Waals surface area contributed by atoms with Gasteiger partial charge >= 0.3 is 0 Å². The van der Waals surface area contributed by atoms with E-state index < -0.39 is 15.8 Å². The number of halogens is 1. The van der Waals surface area contributed by atoms with E-state index in [1.54, 1.807) is 6.92 Å². The molecule has 0 saturated carbocycles. The topological polar surface area (TPSA) is 70.0 Å². The van der Waals surface area contributed by atoms with Crippen LogP contribution in [-0.2, 0) is 10.0 Å². The van der Waals surface area contributed by atoms with Crippen molar-refractivity contribution in [1.29, 1.82) is 5.26 Å². The van der Waals surface area contributed by atoms with Gasteiger partial charge in [-0.15, -0.1) is 11.3 Å². The van der Waals surface area contributed by atoms with Crippen LogP contribution < -0.4 is 4.72 Å². The van der Waals surface area contributed by atoms with Crippen molar-refractivity contribution in [3.05, 3.63) is 46.1 Å². The Morgan fingerprint density at radius 3 is 2.40 bits per heavy atom. The molecule has 20 heavy (non-hydrogen) atoms. The maximum absolute atomic E-state index is 12.8. The van der Waals surface area contributed by atoms with E-state index in [-0.39, 0.29) is 9.90 Å². The van der Waals surface area contributed by atoms with Crippen molar-refractivity contribution in [2.75, 3.05) is 4.72 Å². The predicted molar refractivity (Wildman–Crippen MR) is 75.7 cm³/mol. The summed E-state index contributed by atoms with van der Waals surface area (Å²) in [6, 6.07) is 6.49. The average molecular weight is 310 g/mol. The number of nitrogens with one attached hydrogen (secondary N) is 1. The minimum atomic E-state index is -3.82. The molecule has 4 nitrogen and oxygen atoms in total. The van der Waals surface area contributed by atoms with Gasteiger partial charge in [0.05, 0.1) is 10.5 Å². The highest BCUT2D eigenvalue weighted by molar-refractivity contribution is 7.93. The first kappa shape index (κ1) is 14.5. The van der Waals surface area contributed by atoms with Crippen molar-refractivity contribution in [2.45, 2.75) is 18.7 Å². The molecule has 0 bridgehead atoms. The molecule has 2 aromatic rings. The Balaban J connectivity index is 2.41. The summed E-state index contributed by atoms with van der Waals surface area (Å²) in [4.78, 5) is 0.824. The van der Waals surface area contributed by atoms with Gasteiger partial charge in [0.2, 0.25) is 0 Å². The highest BCUT2D eigenvalue weighted by Crippen LogP contribution is 2.33. The van der Waals surface area contributed by atoms with Gasteiger partial charge in [-0.1, -0.05) is 0 Å². The number of hydrogen-bond donors (Lipinski definition) is 1. The van der Waals surface area contributed by atoms with Crippen molar-refractivity contribution in [3.63, 3.8) is 0 Å². The second kappa shape index (κ2) is 5.23. The fourth-order valence-corrected chi connectivity index (χ4v) is 3.94. The second-order valence-electron chi connectivity index (χ2n) is 4.16. The molecule has 1 aromatic carbocycles. The highest BCUT2D eigenvalue weighted by atomic mass is 32.2. The molecule has 0 radical (unpaired) electrons. The SMILES string of the molecule is Cc1sc(NS(=O)(=O)c2ccc(F)cc2)c(C#N)c1C. The Labute approximate surface area is 120 Å². The van der Waals surface area contributed by atoms with E-state index >= 15 is 0 Å². The second-order valence-corrected chi connectivity index (χ2v) is 7.07. The largest absolute Gasteiger partial charge is 0.269 e. The molecule has 0 aliphatic carbocycles.